The minimum Gasteiger partial charge on any atom is -0.616 e. The van der Waals surface area contributed by atoms with Crippen LogP contribution in [0.1, 0.15) is 29.8 Å². The van der Waals surface area contributed by atoms with Crippen molar-refractivity contribution >= 4 is 28.7 Å². The largest absolute Gasteiger partial charge is 0.616 e. The van der Waals surface area contributed by atoms with Gasteiger partial charge in [-0.25, -0.2) is 13.8 Å². The van der Waals surface area contributed by atoms with E-state index in [1.54, 1.807) is 0 Å². The lowest BCUT2D eigenvalue weighted by Gasteiger charge is -2.41. The van der Waals surface area contributed by atoms with Crippen LogP contribution in [-0.2, 0) is 16.0 Å². The third-order valence-corrected chi connectivity index (χ3v) is 6.90. The molecule has 1 aromatic heterocycles. The zero-order valence-electron chi connectivity index (χ0n) is 15.5. The molecule has 2 N–H and O–H groups in total. The summed E-state index contributed by atoms with van der Waals surface area (Å²) in [7, 11) is 0. The summed E-state index contributed by atoms with van der Waals surface area (Å²) in [5.74, 6) is -3.81. The molecule has 3 aliphatic rings. The maximum atomic E-state index is 13.3. The molecule has 1 aromatic rings. The Morgan fingerprint density at radius 3 is 2.59 bits per heavy atom. The molecule has 2 aliphatic heterocycles. The maximum absolute atomic E-state index is 13.3. The van der Waals surface area contributed by atoms with Gasteiger partial charge in [-0.05, 0) is 42.1 Å². The van der Waals surface area contributed by atoms with Gasteiger partial charge in [0.25, 0.3) is 11.8 Å². The van der Waals surface area contributed by atoms with Crippen molar-refractivity contribution in [2.75, 3.05) is 36.1 Å². The van der Waals surface area contributed by atoms with Crippen molar-refractivity contribution in [3.8, 4) is 5.88 Å². The quantitative estimate of drug-likeness (QED) is 0.593. The number of halogens is 2. The number of carbonyl (C=O) groups excluding carboxylic acids is 1. The number of anilines is 1. The predicted octanol–water partition coefficient (Wildman–Crippen LogP) is 1.03. The van der Waals surface area contributed by atoms with E-state index in [9.17, 15) is 22.9 Å². The lowest BCUT2D eigenvalue weighted by molar-refractivity contribution is -0.138. The number of carboxylic acids is 1. The minimum atomic E-state index is -2.76. The Balaban J connectivity index is 1.51. The van der Waals surface area contributed by atoms with Gasteiger partial charge in [-0.1, -0.05) is 0 Å². The predicted molar refractivity (Wildman–Crippen MR) is 99.9 cm³/mol. The molecule has 4 rings (SSSR count). The Kier molecular flexibility index (Phi) is 5.06. The van der Waals surface area contributed by atoms with Gasteiger partial charge in [-0.15, -0.1) is 0 Å². The van der Waals surface area contributed by atoms with Crippen molar-refractivity contribution in [2.24, 2.45) is 5.92 Å². The summed E-state index contributed by atoms with van der Waals surface area (Å²) in [5, 5.41) is 11.7. The van der Waals surface area contributed by atoms with Gasteiger partial charge in [0.1, 0.15) is 28.4 Å². The highest BCUT2D eigenvalue weighted by molar-refractivity contribution is 7.93. The van der Waals surface area contributed by atoms with Gasteiger partial charge in [0.15, 0.2) is 0 Å². The molecule has 0 radical (unpaired) electrons. The first kappa shape index (κ1) is 20.1. The molecule has 1 amide bonds. The highest BCUT2D eigenvalue weighted by Gasteiger charge is 2.51. The van der Waals surface area contributed by atoms with Crippen LogP contribution >= 0.6 is 0 Å². The van der Waals surface area contributed by atoms with Gasteiger partial charge in [0.2, 0.25) is 5.88 Å². The Bertz CT molecular complexity index is 822. The SMILES string of the molecule is O=C(O)CC1(NC(=O)c2ccc(N3CC(F)(F)C3)c(OCC3CC3)n2)C[S+]([O-])C1. The molecule has 2 saturated heterocycles. The fourth-order valence-corrected chi connectivity index (χ4v) is 4.95. The van der Waals surface area contributed by atoms with Crippen LogP contribution in [0.3, 0.4) is 0 Å². The van der Waals surface area contributed by atoms with E-state index in [1.165, 1.54) is 17.0 Å². The molecule has 0 bridgehead atoms. The third-order valence-electron chi connectivity index (χ3n) is 5.15. The molecule has 3 heterocycles. The number of nitrogens with one attached hydrogen (secondary N) is 1. The molecular formula is C18H21F2N3O5S. The number of carboxylic acid groups (broad SMARTS) is 1. The number of nitrogens with zero attached hydrogens (tertiary/aromatic N) is 2. The summed E-state index contributed by atoms with van der Waals surface area (Å²) >= 11 is -1.17. The number of carbonyl (C=O) groups is 2. The number of rotatable bonds is 8. The molecule has 0 aromatic carbocycles. The van der Waals surface area contributed by atoms with Crippen molar-refractivity contribution in [1.29, 1.82) is 0 Å². The number of aromatic nitrogens is 1. The third kappa shape index (κ3) is 4.55. The normalized spacial score (nSPS) is 27.6. The van der Waals surface area contributed by atoms with Crippen molar-refractivity contribution in [1.82, 2.24) is 10.3 Å². The molecule has 29 heavy (non-hydrogen) atoms. The lowest BCUT2D eigenvalue weighted by atomic mass is 9.98. The van der Waals surface area contributed by atoms with Crippen LogP contribution in [0.15, 0.2) is 12.1 Å². The second-order valence-corrected chi connectivity index (χ2v) is 9.48. The molecule has 1 aliphatic carbocycles. The fraction of sp³-hybridized carbons (Fsp3) is 0.611. The topological polar surface area (TPSA) is 115 Å². The standard InChI is InChI=1S/C18H21F2N3O5S/c19-18(20)7-23(8-18)13-4-3-12(21-16(13)28-6-11-1-2-11)15(26)22-17(5-14(24)25)9-29(27)10-17/h3-4,11H,1-2,5-10H2,(H,22,26)(H,24,25). The van der Waals surface area contributed by atoms with Crippen molar-refractivity contribution < 1.29 is 32.8 Å². The Labute approximate surface area is 168 Å². The van der Waals surface area contributed by atoms with Crippen molar-refractivity contribution in [3.05, 3.63) is 17.8 Å². The maximum Gasteiger partial charge on any atom is 0.306 e. The van der Waals surface area contributed by atoms with Crippen molar-refractivity contribution in [2.45, 2.75) is 30.7 Å². The number of aliphatic carboxylic acids is 1. The average molecular weight is 429 g/mol. The van der Waals surface area contributed by atoms with Gasteiger partial charge in [-0.3, -0.25) is 9.59 Å². The van der Waals surface area contributed by atoms with Gasteiger partial charge in [0, 0.05) is 0 Å². The van der Waals surface area contributed by atoms with E-state index < -0.39 is 47.6 Å². The second-order valence-electron chi connectivity index (χ2n) is 8.02. The van der Waals surface area contributed by atoms with Crippen LogP contribution in [0.4, 0.5) is 14.5 Å². The highest BCUT2D eigenvalue weighted by Crippen LogP contribution is 2.38. The summed E-state index contributed by atoms with van der Waals surface area (Å²) in [4.78, 5) is 29.4. The van der Waals surface area contributed by atoms with Crippen molar-refractivity contribution in [3.63, 3.8) is 0 Å². The average Bonchev–Trinajstić information content (AvgIpc) is 3.40. The van der Waals surface area contributed by atoms with Gasteiger partial charge in [0.05, 0.1) is 26.1 Å². The summed E-state index contributed by atoms with van der Waals surface area (Å²) in [6, 6.07) is 2.91. The number of ether oxygens (including phenoxy) is 1. The van der Waals surface area contributed by atoms with Crippen LogP contribution in [0.25, 0.3) is 0 Å². The summed E-state index contributed by atoms with van der Waals surface area (Å²) < 4.78 is 43.7. The van der Waals surface area contributed by atoms with Gasteiger partial charge in [-0.2, -0.15) is 0 Å². The number of amides is 1. The zero-order valence-corrected chi connectivity index (χ0v) is 16.3. The Morgan fingerprint density at radius 1 is 1.34 bits per heavy atom. The van der Waals surface area contributed by atoms with E-state index in [0.29, 0.717) is 18.2 Å². The molecule has 8 nitrogen and oxygen atoms in total. The van der Waals surface area contributed by atoms with Gasteiger partial charge >= 0.3 is 5.97 Å². The van der Waals surface area contributed by atoms with E-state index in [1.807, 2.05) is 0 Å². The van der Waals surface area contributed by atoms with Crippen LogP contribution in [0.2, 0.25) is 0 Å². The van der Waals surface area contributed by atoms with Crippen LogP contribution in [0, 0.1) is 5.92 Å². The number of hydrogen-bond donors (Lipinski definition) is 2. The van der Waals surface area contributed by atoms with Gasteiger partial charge < -0.3 is 24.6 Å². The van der Waals surface area contributed by atoms with E-state index in [4.69, 9.17) is 9.84 Å². The molecule has 158 valence electrons. The smallest absolute Gasteiger partial charge is 0.306 e. The second kappa shape index (κ2) is 7.28. The zero-order chi connectivity index (χ0) is 20.8. The highest BCUT2D eigenvalue weighted by atomic mass is 32.2. The first-order chi connectivity index (χ1) is 13.6. The van der Waals surface area contributed by atoms with E-state index >= 15 is 0 Å². The van der Waals surface area contributed by atoms with Crippen LogP contribution in [0.5, 0.6) is 5.88 Å². The Hall–Kier alpha value is -2.14. The molecule has 3 fully saturated rings. The van der Waals surface area contributed by atoms with E-state index in [0.717, 1.165) is 12.8 Å². The molecule has 0 atom stereocenters. The number of hydrogen-bond acceptors (Lipinski definition) is 6. The molecule has 0 unspecified atom stereocenters. The lowest BCUT2D eigenvalue weighted by Crippen LogP contribution is -2.66. The first-order valence-corrected chi connectivity index (χ1v) is 10.8. The number of pyridine rings is 1. The van der Waals surface area contributed by atoms with Crippen LogP contribution in [-0.4, -0.2) is 69.2 Å². The minimum absolute atomic E-state index is 0.00530. The fourth-order valence-electron chi connectivity index (χ4n) is 3.46. The molecule has 11 heteroatoms. The van der Waals surface area contributed by atoms with E-state index in [-0.39, 0.29) is 29.5 Å². The molecular weight excluding hydrogens is 408 g/mol. The Morgan fingerprint density at radius 2 is 2.03 bits per heavy atom. The summed E-state index contributed by atoms with van der Waals surface area (Å²) in [5.41, 5.74) is -0.671. The monoisotopic (exact) mass is 429 g/mol. The first-order valence-electron chi connectivity index (χ1n) is 9.31. The van der Waals surface area contributed by atoms with Crippen LogP contribution < -0.4 is 15.0 Å². The molecule has 1 saturated carbocycles. The molecule has 0 spiro atoms. The summed E-state index contributed by atoms with van der Waals surface area (Å²) in [6.07, 6.45) is 1.73. The number of alkyl halides is 2. The van der Waals surface area contributed by atoms with E-state index in [2.05, 4.69) is 10.3 Å². The summed E-state index contributed by atoms with van der Waals surface area (Å²) in [6.45, 7) is -0.474.